The third-order valence-corrected chi connectivity index (χ3v) is 5.12. The molecule has 1 fully saturated rings. The molecule has 1 aromatic carbocycles. The summed E-state index contributed by atoms with van der Waals surface area (Å²) in [7, 11) is 0. The summed E-state index contributed by atoms with van der Waals surface area (Å²) in [6.45, 7) is 0.705. The van der Waals surface area contributed by atoms with Crippen LogP contribution in [-0.4, -0.2) is 33.4 Å². The van der Waals surface area contributed by atoms with Gasteiger partial charge >= 0.3 is 0 Å². The fourth-order valence-electron chi connectivity index (χ4n) is 2.97. The van der Waals surface area contributed by atoms with E-state index in [1.54, 1.807) is 0 Å². The van der Waals surface area contributed by atoms with Crippen molar-refractivity contribution in [1.29, 1.82) is 0 Å². The highest BCUT2D eigenvalue weighted by atomic mass is 32.1. The molecule has 1 aliphatic rings. The molecule has 24 heavy (non-hydrogen) atoms. The Kier molecular flexibility index (Phi) is 3.53. The zero-order valence-corrected chi connectivity index (χ0v) is 13.5. The Balaban J connectivity index is 1.80. The van der Waals surface area contributed by atoms with Crippen LogP contribution in [0.1, 0.15) is 12.8 Å². The Morgan fingerprint density at radius 2 is 2.08 bits per heavy atom. The summed E-state index contributed by atoms with van der Waals surface area (Å²) < 4.78 is 0. The molecule has 1 unspecified atom stereocenters. The number of anilines is 1. The lowest BCUT2D eigenvalue weighted by Crippen LogP contribution is -2.40. The maximum Gasteiger partial charge on any atom is 0.278 e. The van der Waals surface area contributed by atoms with E-state index in [1.807, 2.05) is 35.2 Å². The zero-order valence-electron chi connectivity index (χ0n) is 12.7. The van der Waals surface area contributed by atoms with Gasteiger partial charge in [-0.15, -0.1) is 0 Å². The second kappa shape index (κ2) is 5.72. The third kappa shape index (κ3) is 2.44. The zero-order chi connectivity index (χ0) is 16.7. The summed E-state index contributed by atoms with van der Waals surface area (Å²) in [6.07, 6.45) is 1.59. The van der Waals surface area contributed by atoms with Gasteiger partial charge in [0.05, 0.1) is 0 Å². The normalized spacial score (nSPS) is 17.5. The Bertz CT molecular complexity index is 966. The lowest BCUT2D eigenvalue weighted by Gasteiger charge is -2.20. The second-order valence-electron chi connectivity index (χ2n) is 5.68. The molecule has 1 atom stereocenters. The van der Waals surface area contributed by atoms with Crippen molar-refractivity contribution in [3.63, 3.8) is 0 Å². The molecule has 0 spiro atoms. The van der Waals surface area contributed by atoms with Crippen molar-refractivity contribution in [3.05, 3.63) is 40.7 Å². The third-order valence-electron chi connectivity index (χ3n) is 4.13. The average Bonchev–Trinajstić information content (AvgIpc) is 3.22. The average molecular weight is 341 g/mol. The Labute approximate surface area is 141 Å². The van der Waals surface area contributed by atoms with Gasteiger partial charge < -0.3 is 15.6 Å². The number of benzene rings is 1. The highest BCUT2D eigenvalue weighted by molar-refractivity contribution is 7.21. The van der Waals surface area contributed by atoms with Crippen LogP contribution in [0.25, 0.3) is 21.7 Å². The number of nitrogens with zero attached hydrogens (tertiary/aromatic N) is 3. The van der Waals surface area contributed by atoms with E-state index in [4.69, 9.17) is 5.73 Å². The van der Waals surface area contributed by atoms with Gasteiger partial charge in [-0.25, -0.2) is 9.97 Å². The van der Waals surface area contributed by atoms with Gasteiger partial charge in [0.2, 0.25) is 5.91 Å². The van der Waals surface area contributed by atoms with Crippen LogP contribution in [0.4, 0.5) is 5.13 Å². The van der Waals surface area contributed by atoms with Crippen molar-refractivity contribution < 1.29 is 4.79 Å². The molecule has 0 aliphatic carbocycles. The Hall–Kier alpha value is -2.74. The van der Waals surface area contributed by atoms with Crippen LogP contribution >= 0.6 is 11.3 Å². The largest absolute Gasteiger partial charge is 0.368 e. The molecular weight excluding hydrogens is 326 g/mol. The molecule has 1 amide bonds. The van der Waals surface area contributed by atoms with Crippen LogP contribution in [0.15, 0.2) is 35.1 Å². The molecule has 1 aliphatic heterocycles. The number of nitrogens with one attached hydrogen (secondary N) is 1. The van der Waals surface area contributed by atoms with Crippen molar-refractivity contribution in [1.82, 2.24) is 15.0 Å². The van der Waals surface area contributed by atoms with Gasteiger partial charge in [0.25, 0.3) is 5.56 Å². The number of hydrogen-bond acceptors (Lipinski definition) is 6. The Morgan fingerprint density at radius 3 is 2.83 bits per heavy atom. The van der Waals surface area contributed by atoms with Crippen molar-refractivity contribution in [2.45, 2.75) is 18.9 Å². The van der Waals surface area contributed by atoms with E-state index in [1.165, 1.54) is 11.3 Å². The molecule has 4 rings (SSSR count). The molecular formula is C16H15N5O2S. The first-order valence-corrected chi connectivity index (χ1v) is 8.47. The van der Waals surface area contributed by atoms with Gasteiger partial charge in [-0.3, -0.25) is 9.59 Å². The number of amides is 1. The second-order valence-corrected chi connectivity index (χ2v) is 6.64. The van der Waals surface area contributed by atoms with Gasteiger partial charge in [-0.1, -0.05) is 41.7 Å². The first kappa shape index (κ1) is 14.8. The van der Waals surface area contributed by atoms with Crippen molar-refractivity contribution >= 4 is 32.7 Å². The number of aromatic amines is 1. The van der Waals surface area contributed by atoms with E-state index in [0.717, 1.165) is 12.0 Å². The maximum atomic E-state index is 12.4. The van der Waals surface area contributed by atoms with E-state index in [0.29, 0.717) is 34.3 Å². The molecule has 1 saturated heterocycles. The number of rotatable bonds is 3. The number of H-pyrrole nitrogens is 1. The van der Waals surface area contributed by atoms with Crippen molar-refractivity contribution in [3.8, 4) is 11.4 Å². The molecule has 3 N–H and O–H groups in total. The summed E-state index contributed by atoms with van der Waals surface area (Å²) in [4.78, 5) is 38.1. The summed E-state index contributed by atoms with van der Waals surface area (Å²) in [6, 6.07) is 9.09. The quantitative estimate of drug-likeness (QED) is 0.751. The van der Waals surface area contributed by atoms with Crippen molar-refractivity contribution in [2.24, 2.45) is 5.73 Å². The van der Waals surface area contributed by atoms with Gasteiger partial charge in [0.15, 0.2) is 15.5 Å². The molecule has 2 aromatic heterocycles. The molecule has 3 aromatic rings. The summed E-state index contributed by atoms with van der Waals surface area (Å²) in [5, 5.41) is 0.620. The predicted octanol–water partition coefficient (Wildman–Crippen LogP) is 1.50. The molecule has 7 nitrogen and oxygen atoms in total. The fraction of sp³-hybridized carbons (Fsp3) is 0.250. The number of carbonyl (C=O) groups excluding carboxylic acids is 1. The van der Waals surface area contributed by atoms with E-state index in [9.17, 15) is 9.59 Å². The minimum atomic E-state index is -0.363. The van der Waals surface area contributed by atoms with Crippen LogP contribution < -0.4 is 16.2 Å². The lowest BCUT2D eigenvalue weighted by atomic mass is 10.2. The van der Waals surface area contributed by atoms with Gasteiger partial charge in [-0.05, 0) is 12.8 Å². The SMILES string of the molecule is NC(=O)C1CCCN1c1nc2c(=O)[nH]c(-c3ccccc3)nc2s1. The van der Waals surface area contributed by atoms with Crippen LogP contribution in [0.5, 0.6) is 0 Å². The number of primary amides is 1. The number of aromatic nitrogens is 3. The van der Waals surface area contributed by atoms with Gasteiger partial charge in [0.1, 0.15) is 11.9 Å². The molecule has 0 bridgehead atoms. The highest BCUT2D eigenvalue weighted by Gasteiger charge is 2.31. The van der Waals surface area contributed by atoms with Crippen molar-refractivity contribution in [2.75, 3.05) is 11.4 Å². The minimum Gasteiger partial charge on any atom is -0.368 e. The number of fused-ring (bicyclic) bond motifs is 1. The van der Waals surface area contributed by atoms with Gasteiger partial charge in [-0.2, -0.15) is 0 Å². The summed E-state index contributed by atoms with van der Waals surface area (Å²) in [5.41, 5.74) is 6.31. The predicted molar refractivity (Wildman–Crippen MR) is 93.0 cm³/mol. The smallest absolute Gasteiger partial charge is 0.278 e. The van der Waals surface area contributed by atoms with E-state index >= 15 is 0 Å². The van der Waals surface area contributed by atoms with E-state index in [2.05, 4.69) is 15.0 Å². The van der Waals surface area contributed by atoms with E-state index in [-0.39, 0.29) is 17.5 Å². The van der Waals surface area contributed by atoms with Crippen LogP contribution in [0, 0.1) is 0 Å². The monoisotopic (exact) mass is 341 g/mol. The number of nitrogens with two attached hydrogens (primary N) is 1. The molecule has 0 saturated carbocycles. The molecule has 122 valence electrons. The number of thiazole rings is 1. The minimum absolute atomic E-state index is 0.281. The number of carbonyl (C=O) groups is 1. The molecule has 0 radical (unpaired) electrons. The maximum absolute atomic E-state index is 12.4. The molecule has 8 heteroatoms. The summed E-state index contributed by atoms with van der Waals surface area (Å²) in [5.74, 6) is 0.148. The lowest BCUT2D eigenvalue weighted by molar-refractivity contribution is -0.119. The number of hydrogen-bond donors (Lipinski definition) is 2. The Morgan fingerprint density at radius 1 is 1.29 bits per heavy atom. The van der Waals surface area contributed by atoms with Crippen LogP contribution in [0.3, 0.4) is 0 Å². The highest BCUT2D eigenvalue weighted by Crippen LogP contribution is 2.31. The first-order chi connectivity index (χ1) is 11.6. The fourth-order valence-corrected chi connectivity index (χ4v) is 3.99. The standard InChI is InChI=1S/C16H15N5O2S/c17-12(22)10-7-4-8-21(10)16-18-11-14(23)19-13(20-15(11)24-16)9-5-2-1-3-6-9/h1-3,5-6,10H,4,7-8H2,(H2,17,22)(H,19,20,23). The van der Waals surface area contributed by atoms with E-state index < -0.39 is 0 Å². The first-order valence-electron chi connectivity index (χ1n) is 7.66. The van der Waals surface area contributed by atoms with Gasteiger partial charge in [0, 0.05) is 12.1 Å². The topological polar surface area (TPSA) is 105 Å². The van der Waals surface area contributed by atoms with Crippen LogP contribution in [-0.2, 0) is 4.79 Å². The van der Waals surface area contributed by atoms with Crippen LogP contribution in [0.2, 0.25) is 0 Å². The molecule has 3 heterocycles. The summed E-state index contributed by atoms with van der Waals surface area (Å²) >= 11 is 1.31.